The fourth-order valence-electron chi connectivity index (χ4n) is 3.17. The molecule has 160 valence electrons. The number of halogens is 4. The Kier molecular flexibility index (Phi) is 5.52. The molecule has 6 nitrogen and oxygen atoms in total. The second-order valence-electron chi connectivity index (χ2n) is 6.95. The number of carbonyl (C=O) groups excluding carboxylic acids is 1. The van der Waals surface area contributed by atoms with E-state index in [4.69, 9.17) is 11.6 Å². The van der Waals surface area contributed by atoms with Crippen LogP contribution < -0.4 is 5.32 Å². The van der Waals surface area contributed by atoms with Gasteiger partial charge in [-0.3, -0.25) is 4.79 Å². The molecule has 0 bridgehead atoms. The van der Waals surface area contributed by atoms with Gasteiger partial charge in [0.1, 0.15) is 5.52 Å². The van der Waals surface area contributed by atoms with Crippen molar-refractivity contribution in [2.75, 3.05) is 11.1 Å². The van der Waals surface area contributed by atoms with Crippen LogP contribution in [0, 0.1) is 13.8 Å². The topological polar surface area (TPSA) is 83.6 Å². The van der Waals surface area contributed by atoms with Gasteiger partial charge in [0.05, 0.1) is 17.0 Å². The SMILES string of the molecule is Cc1ccc2[nH]c3nc(SCC(=O)Nc4c(C)cc(Cl)cc4C(F)(F)F)nnc3c2c1. The highest BCUT2D eigenvalue weighted by atomic mass is 35.5. The van der Waals surface area contributed by atoms with Crippen LogP contribution in [0.1, 0.15) is 16.7 Å². The molecule has 31 heavy (non-hydrogen) atoms. The minimum Gasteiger partial charge on any atom is -0.338 e. The lowest BCUT2D eigenvalue weighted by Gasteiger charge is -2.16. The van der Waals surface area contributed by atoms with E-state index in [1.807, 2.05) is 25.1 Å². The van der Waals surface area contributed by atoms with E-state index >= 15 is 0 Å². The first kappa shape index (κ1) is 21.4. The van der Waals surface area contributed by atoms with Crippen LogP contribution in [0.2, 0.25) is 5.02 Å². The number of thioether (sulfide) groups is 1. The van der Waals surface area contributed by atoms with E-state index in [1.54, 1.807) is 0 Å². The highest BCUT2D eigenvalue weighted by Gasteiger charge is 2.35. The van der Waals surface area contributed by atoms with E-state index in [9.17, 15) is 18.0 Å². The molecule has 11 heteroatoms. The molecule has 0 unspecified atom stereocenters. The second-order valence-corrected chi connectivity index (χ2v) is 8.32. The number of nitrogens with one attached hydrogen (secondary N) is 2. The highest BCUT2D eigenvalue weighted by molar-refractivity contribution is 7.99. The molecule has 0 saturated heterocycles. The summed E-state index contributed by atoms with van der Waals surface area (Å²) in [6.45, 7) is 3.41. The number of aromatic nitrogens is 4. The van der Waals surface area contributed by atoms with Crippen molar-refractivity contribution >= 4 is 57.0 Å². The van der Waals surface area contributed by atoms with Gasteiger partial charge in [0, 0.05) is 15.9 Å². The zero-order valence-electron chi connectivity index (χ0n) is 16.3. The second kappa shape index (κ2) is 8.01. The lowest BCUT2D eigenvalue weighted by atomic mass is 10.1. The van der Waals surface area contributed by atoms with Gasteiger partial charge in [-0.25, -0.2) is 4.98 Å². The van der Waals surface area contributed by atoms with Crippen LogP contribution in [0.3, 0.4) is 0 Å². The van der Waals surface area contributed by atoms with Crippen molar-refractivity contribution in [3.05, 3.63) is 52.0 Å². The largest absolute Gasteiger partial charge is 0.418 e. The fraction of sp³-hybridized carbons (Fsp3) is 0.200. The van der Waals surface area contributed by atoms with Gasteiger partial charge in [0.2, 0.25) is 11.1 Å². The summed E-state index contributed by atoms with van der Waals surface area (Å²) in [6, 6.07) is 7.99. The minimum atomic E-state index is -4.66. The number of fused-ring (bicyclic) bond motifs is 3. The standard InChI is InChI=1S/C20H15ClF3N5OS/c1-9-3-4-14-12(5-9)17-18(25-14)27-19(29-28-17)31-8-15(30)26-16-10(2)6-11(21)7-13(16)20(22,23)24/h3-7H,8H2,1-2H3,(H,26,30)(H,25,27,29). The van der Waals surface area contributed by atoms with Crippen LogP contribution >= 0.6 is 23.4 Å². The Morgan fingerprint density at radius 2 is 1.97 bits per heavy atom. The van der Waals surface area contributed by atoms with Crippen molar-refractivity contribution in [3.8, 4) is 0 Å². The van der Waals surface area contributed by atoms with Crippen LogP contribution in [-0.4, -0.2) is 31.8 Å². The number of H-pyrrole nitrogens is 1. The van der Waals surface area contributed by atoms with E-state index in [0.717, 1.165) is 34.3 Å². The Hall–Kier alpha value is -2.85. The van der Waals surface area contributed by atoms with Gasteiger partial charge in [-0.15, -0.1) is 10.2 Å². The molecule has 2 aromatic carbocycles. The van der Waals surface area contributed by atoms with Gasteiger partial charge in [-0.2, -0.15) is 13.2 Å². The zero-order valence-corrected chi connectivity index (χ0v) is 17.8. The third kappa shape index (κ3) is 4.45. The van der Waals surface area contributed by atoms with Crippen molar-refractivity contribution < 1.29 is 18.0 Å². The maximum Gasteiger partial charge on any atom is 0.418 e. The average molecular weight is 466 g/mol. The summed E-state index contributed by atoms with van der Waals surface area (Å²) in [5.74, 6) is -0.816. The lowest BCUT2D eigenvalue weighted by molar-refractivity contribution is -0.137. The Bertz CT molecular complexity index is 1320. The number of carbonyl (C=O) groups is 1. The molecule has 2 aromatic heterocycles. The van der Waals surface area contributed by atoms with Crippen molar-refractivity contribution in [2.45, 2.75) is 25.2 Å². The van der Waals surface area contributed by atoms with Crippen molar-refractivity contribution in [3.63, 3.8) is 0 Å². The third-order valence-corrected chi connectivity index (χ3v) is 5.61. The first-order valence-corrected chi connectivity index (χ1v) is 10.4. The quantitative estimate of drug-likeness (QED) is 0.387. The number of rotatable bonds is 4. The first-order valence-electron chi connectivity index (χ1n) is 9.04. The highest BCUT2D eigenvalue weighted by Crippen LogP contribution is 2.38. The predicted molar refractivity (Wildman–Crippen MR) is 114 cm³/mol. The number of amides is 1. The predicted octanol–water partition coefficient (Wildman–Crippen LogP) is 5.53. The van der Waals surface area contributed by atoms with Gasteiger partial charge in [-0.05, 0) is 43.7 Å². The van der Waals surface area contributed by atoms with Gasteiger partial charge in [0.15, 0.2) is 5.65 Å². The van der Waals surface area contributed by atoms with Gasteiger partial charge >= 0.3 is 6.18 Å². The Balaban J connectivity index is 1.52. The van der Waals surface area contributed by atoms with Crippen LogP contribution in [0.5, 0.6) is 0 Å². The normalized spacial score (nSPS) is 11.9. The molecular formula is C20H15ClF3N5OS. The number of hydrogen-bond donors (Lipinski definition) is 2. The molecule has 0 fully saturated rings. The fourth-order valence-corrected chi connectivity index (χ4v) is 4.03. The number of nitrogens with zero attached hydrogens (tertiary/aromatic N) is 3. The maximum atomic E-state index is 13.3. The Labute approximate surface area is 183 Å². The molecule has 4 aromatic rings. The smallest absolute Gasteiger partial charge is 0.338 e. The van der Waals surface area contributed by atoms with E-state index < -0.39 is 17.6 Å². The molecule has 0 aliphatic rings. The van der Waals surface area contributed by atoms with Crippen LogP contribution in [0.25, 0.3) is 22.1 Å². The molecule has 2 heterocycles. The summed E-state index contributed by atoms with van der Waals surface area (Å²) in [7, 11) is 0. The number of hydrogen-bond acceptors (Lipinski definition) is 5. The molecular weight excluding hydrogens is 451 g/mol. The van der Waals surface area contributed by atoms with E-state index in [2.05, 4.69) is 25.5 Å². The van der Waals surface area contributed by atoms with E-state index in [0.29, 0.717) is 11.2 Å². The molecule has 4 rings (SSSR count). The number of anilines is 1. The molecule has 0 radical (unpaired) electrons. The summed E-state index contributed by atoms with van der Waals surface area (Å²) >= 11 is 6.72. The van der Waals surface area contributed by atoms with Crippen LogP contribution in [0.4, 0.5) is 18.9 Å². The molecule has 0 spiro atoms. The van der Waals surface area contributed by atoms with E-state index in [-0.39, 0.29) is 27.2 Å². The summed E-state index contributed by atoms with van der Waals surface area (Å²) in [4.78, 5) is 19.8. The number of aryl methyl sites for hydroxylation is 2. The summed E-state index contributed by atoms with van der Waals surface area (Å²) in [5, 5.41) is 11.6. The zero-order chi connectivity index (χ0) is 22.3. The summed E-state index contributed by atoms with van der Waals surface area (Å²) in [5.41, 5.74) is 1.96. The van der Waals surface area contributed by atoms with Crippen molar-refractivity contribution in [1.29, 1.82) is 0 Å². The lowest BCUT2D eigenvalue weighted by Crippen LogP contribution is -2.19. The average Bonchev–Trinajstić information content (AvgIpc) is 3.04. The molecule has 2 N–H and O–H groups in total. The Morgan fingerprint density at radius 3 is 2.71 bits per heavy atom. The van der Waals surface area contributed by atoms with Crippen LogP contribution in [-0.2, 0) is 11.0 Å². The molecule has 0 saturated carbocycles. The molecule has 1 amide bonds. The van der Waals surface area contributed by atoms with E-state index in [1.165, 1.54) is 13.0 Å². The number of benzene rings is 2. The minimum absolute atomic E-state index is 0.0569. The first-order chi connectivity index (χ1) is 14.6. The molecule has 0 aliphatic carbocycles. The van der Waals surface area contributed by atoms with Crippen LogP contribution in [0.15, 0.2) is 35.5 Å². The number of aromatic amines is 1. The number of alkyl halides is 3. The van der Waals surface area contributed by atoms with Gasteiger partial charge in [-0.1, -0.05) is 35.0 Å². The molecule has 0 atom stereocenters. The third-order valence-electron chi connectivity index (χ3n) is 4.55. The monoisotopic (exact) mass is 465 g/mol. The summed E-state index contributed by atoms with van der Waals surface area (Å²) < 4.78 is 40.0. The maximum absolute atomic E-state index is 13.3. The van der Waals surface area contributed by atoms with Crippen molar-refractivity contribution in [1.82, 2.24) is 20.2 Å². The van der Waals surface area contributed by atoms with Gasteiger partial charge in [0.25, 0.3) is 0 Å². The molecule has 0 aliphatic heterocycles. The summed E-state index contributed by atoms with van der Waals surface area (Å²) in [6.07, 6.45) is -4.66. The van der Waals surface area contributed by atoms with Gasteiger partial charge < -0.3 is 10.3 Å². The Morgan fingerprint density at radius 1 is 1.19 bits per heavy atom. The van der Waals surface area contributed by atoms with Crippen molar-refractivity contribution in [2.24, 2.45) is 0 Å².